The van der Waals surface area contributed by atoms with Gasteiger partial charge in [-0.05, 0) is 55.4 Å². The van der Waals surface area contributed by atoms with Crippen LogP contribution < -0.4 is 5.32 Å². The second-order valence-corrected chi connectivity index (χ2v) is 6.99. The van der Waals surface area contributed by atoms with Gasteiger partial charge in [0.2, 0.25) is 0 Å². The van der Waals surface area contributed by atoms with Crippen LogP contribution in [0.2, 0.25) is 0 Å². The molecule has 2 heteroatoms. The molecule has 18 heavy (non-hydrogen) atoms. The van der Waals surface area contributed by atoms with E-state index in [1.165, 1.54) is 48.3 Å². The summed E-state index contributed by atoms with van der Waals surface area (Å²) in [4.78, 5) is 1.49. The molecule has 0 amide bonds. The van der Waals surface area contributed by atoms with E-state index in [4.69, 9.17) is 0 Å². The average molecular weight is 261 g/mol. The highest BCUT2D eigenvalue weighted by atomic mass is 32.2. The van der Waals surface area contributed by atoms with Gasteiger partial charge in [0.1, 0.15) is 0 Å². The molecule has 1 atom stereocenters. The third-order valence-corrected chi connectivity index (χ3v) is 5.53. The normalized spacial score (nSPS) is 31.9. The lowest BCUT2D eigenvalue weighted by atomic mass is 9.86. The molecular weight excluding hydrogens is 238 g/mol. The number of thioether (sulfide) groups is 1. The molecule has 0 bridgehead atoms. The molecule has 0 saturated heterocycles. The minimum atomic E-state index is 0.598. The van der Waals surface area contributed by atoms with E-state index in [-0.39, 0.29) is 0 Å². The van der Waals surface area contributed by atoms with Crippen molar-refractivity contribution in [3.05, 3.63) is 29.8 Å². The van der Waals surface area contributed by atoms with Crippen LogP contribution in [0, 0.1) is 5.92 Å². The maximum atomic E-state index is 3.92. The van der Waals surface area contributed by atoms with E-state index in [9.17, 15) is 0 Å². The highest BCUT2D eigenvalue weighted by Gasteiger charge is 2.25. The van der Waals surface area contributed by atoms with Gasteiger partial charge < -0.3 is 5.32 Å². The Morgan fingerprint density at radius 3 is 2.67 bits per heavy atom. The third kappa shape index (κ3) is 2.75. The third-order valence-electron chi connectivity index (χ3n) is 4.41. The summed E-state index contributed by atoms with van der Waals surface area (Å²) in [6, 6.07) is 10.3. The minimum Gasteiger partial charge on any atom is -0.307 e. The van der Waals surface area contributed by atoms with Crippen molar-refractivity contribution in [1.82, 2.24) is 5.32 Å². The Labute approximate surface area is 115 Å². The maximum Gasteiger partial charge on any atom is 0.0341 e. The van der Waals surface area contributed by atoms with Gasteiger partial charge in [0, 0.05) is 17.0 Å². The molecule has 1 aliphatic carbocycles. The van der Waals surface area contributed by atoms with Gasteiger partial charge in [-0.15, -0.1) is 11.8 Å². The zero-order valence-electron chi connectivity index (χ0n) is 11.2. The van der Waals surface area contributed by atoms with Gasteiger partial charge in [0.25, 0.3) is 0 Å². The molecule has 98 valence electrons. The molecule has 1 heterocycles. The summed E-state index contributed by atoms with van der Waals surface area (Å²) in [6.07, 6.45) is 6.83. The Morgan fingerprint density at radius 2 is 1.83 bits per heavy atom. The molecule has 1 N–H and O–H groups in total. The number of fused-ring (bicyclic) bond motifs is 1. The second-order valence-electron chi connectivity index (χ2n) is 5.85. The van der Waals surface area contributed by atoms with Crippen molar-refractivity contribution in [1.29, 1.82) is 0 Å². The lowest BCUT2D eigenvalue weighted by Gasteiger charge is -2.33. The van der Waals surface area contributed by atoms with Gasteiger partial charge in [-0.1, -0.05) is 25.1 Å². The smallest absolute Gasteiger partial charge is 0.0341 e. The van der Waals surface area contributed by atoms with Gasteiger partial charge in [-0.2, -0.15) is 0 Å². The van der Waals surface area contributed by atoms with Crippen molar-refractivity contribution in [2.24, 2.45) is 5.92 Å². The van der Waals surface area contributed by atoms with Gasteiger partial charge in [0.15, 0.2) is 0 Å². The molecule has 1 saturated carbocycles. The fourth-order valence-corrected chi connectivity index (χ4v) is 4.35. The Kier molecular flexibility index (Phi) is 3.95. The topological polar surface area (TPSA) is 12.0 Å². The van der Waals surface area contributed by atoms with Crippen LogP contribution in [0.25, 0.3) is 0 Å². The molecule has 0 spiro atoms. The summed E-state index contributed by atoms with van der Waals surface area (Å²) >= 11 is 2.01. The van der Waals surface area contributed by atoms with Gasteiger partial charge in [0.05, 0.1) is 0 Å². The maximum absolute atomic E-state index is 3.92. The lowest BCUT2D eigenvalue weighted by molar-refractivity contribution is 0.283. The monoisotopic (exact) mass is 261 g/mol. The number of rotatable bonds is 2. The first kappa shape index (κ1) is 12.6. The predicted molar refractivity (Wildman–Crippen MR) is 79.1 cm³/mol. The first-order chi connectivity index (χ1) is 8.83. The molecular formula is C16H23NS. The number of nitrogens with one attached hydrogen (secondary N) is 1. The number of hydrogen-bond donors (Lipinski definition) is 1. The zero-order valence-corrected chi connectivity index (χ0v) is 12.0. The summed E-state index contributed by atoms with van der Waals surface area (Å²) in [5.41, 5.74) is 1.53. The molecule has 0 aromatic heterocycles. The van der Waals surface area contributed by atoms with E-state index >= 15 is 0 Å². The molecule has 1 aromatic carbocycles. The van der Waals surface area contributed by atoms with Crippen molar-refractivity contribution >= 4 is 11.8 Å². The van der Waals surface area contributed by atoms with E-state index in [2.05, 4.69) is 36.5 Å². The summed E-state index contributed by atoms with van der Waals surface area (Å²) < 4.78 is 0. The molecule has 1 unspecified atom stereocenters. The quantitative estimate of drug-likeness (QED) is 0.847. The summed E-state index contributed by atoms with van der Waals surface area (Å²) in [5, 5.41) is 3.92. The van der Waals surface area contributed by atoms with Crippen molar-refractivity contribution in [2.75, 3.05) is 5.75 Å². The summed E-state index contributed by atoms with van der Waals surface area (Å²) in [5.74, 6) is 2.20. The van der Waals surface area contributed by atoms with E-state index < -0.39 is 0 Å². The Hall–Kier alpha value is -0.470. The van der Waals surface area contributed by atoms with Crippen molar-refractivity contribution in [3.63, 3.8) is 0 Å². The average Bonchev–Trinajstić information content (AvgIpc) is 2.42. The van der Waals surface area contributed by atoms with Crippen LogP contribution in [-0.2, 0) is 0 Å². The van der Waals surface area contributed by atoms with Crippen LogP contribution >= 0.6 is 11.8 Å². The van der Waals surface area contributed by atoms with Crippen LogP contribution in [-0.4, -0.2) is 11.8 Å². The Bertz CT molecular complexity index is 396. The molecule has 3 rings (SSSR count). The fraction of sp³-hybridized carbons (Fsp3) is 0.625. The van der Waals surface area contributed by atoms with E-state index in [0.717, 1.165) is 12.0 Å². The predicted octanol–water partition coefficient (Wildman–Crippen LogP) is 4.39. The minimum absolute atomic E-state index is 0.598. The molecule has 1 fully saturated rings. The first-order valence-electron chi connectivity index (χ1n) is 7.30. The summed E-state index contributed by atoms with van der Waals surface area (Å²) in [7, 11) is 0. The van der Waals surface area contributed by atoms with Crippen molar-refractivity contribution in [2.45, 2.75) is 56.0 Å². The highest BCUT2D eigenvalue weighted by Crippen LogP contribution is 2.37. The second kappa shape index (κ2) is 5.66. The standard InChI is InChI=1S/C16H23NS/c1-12-6-8-13(9-7-12)17-15-10-11-18-16-5-3-2-4-14(15)16/h2-5,12-13,15,17H,6-11H2,1H3. The van der Waals surface area contributed by atoms with Crippen LogP contribution in [0.3, 0.4) is 0 Å². The molecule has 2 aliphatic rings. The highest BCUT2D eigenvalue weighted by molar-refractivity contribution is 7.99. The van der Waals surface area contributed by atoms with Crippen LogP contribution in [0.15, 0.2) is 29.2 Å². The Morgan fingerprint density at radius 1 is 1.06 bits per heavy atom. The SMILES string of the molecule is CC1CCC(NC2CCSc3ccccc32)CC1. The molecule has 1 aliphatic heterocycles. The van der Waals surface area contributed by atoms with E-state index in [0.29, 0.717) is 6.04 Å². The van der Waals surface area contributed by atoms with E-state index in [1.807, 2.05) is 11.8 Å². The van der Waals surface area contributed by atoms with Crippen LogP contribution in [0.4, 0.5) is 0 Å². The number of benzene rings is 1. The fourth-order valence-electron chi connectivity index (χ4n) is 3.23. The first-order valence-corrected chi connectivity index (χ1v) is 8.29. The largest absolute Gasteiger partial charge is 0.307 e. The Balaban J connectivity index is 1.67. The molecule has 1 aromatic rings. The van der Waals surface area contributed by atoms with Crippen molar-refractivity contribution in [3.8, 4) is 0 Å². The van der Waals surface area contributed by atoms with Gasteiger partial charge in [-0.3, -0.25) is 0 Å². The lowest BCUT2D eigenvalue weighted by Crippen LogP contribution is -2.36. The summed E-state index contributed by atoms with van der Waals surface area (Å²) in [6.45, 7) is 2.39. The molecule has 1 nitrogen and oxygen atoms in total. The molecule has 0 radical (unpaired) electrons. The van der Waals surface area contributed by atoms with Crippen LogP contribution in [0.1, 0.15) is 50.6 Å². The zero-order chi connectivity index (χ0) is 12.4. The van der Waals surface area contributed by atoms with Crippen LogP contribution in [0.5, 0.6) is 0 Å². The van der Waals surface area contributed by atoms with E-state index in [1.54, 1.807) is 0 Å². The number of hydrogen-bond acceptors (Lipinski definition) is 2. The van der Waals surface area contributed by atoms with Gasteiger partial charge >= 0.3 is 0 Å². The van der Waals surface area contributed by atoms with Crippen molar-refractivity contribution < 1.29 is 0 Å². The van der Waals surface area contributed by atoms with Gasteiger partial charge in [-0.25, -0.2) is 0 Å².